The van der Waals surface area contributed by atoms with E-state index in [0.29, 0.717) is 0 Å². The van der Waals surface area contributed by atoms with E-state index in [2.05, 4.69) is 30.4 Å². The number of hydrogen-bond donors (Lipinski definition) is 0. The van der Waals surface area contributed by atoms with Gasteiger partial charge in [0.1, 0.15) is 0 Å². The quantitative estimate of drug-likeness (QED) is 0.804. The zero-order valence-corrected chi connectivity index (χ0v) is 11.3. The van der Waals surface area contributed by atoms with Crippen LogP contribution >= 0.6 is 0 Å². The predicted molar refractivity (Wildman–Crippen MR) is 78.7 cm³/mol. The van der Waals surface area contributed by atoms with Crippen LogP contribution in [0, 0.1) is 0 Å². The van der Waals surface area contributed by atoms with E-state index in [0.717, 1.165) is 17.9 Å². The fourth-order valence-corrected chi connectivity index (χ4v) is 1.90. The molecule has 0 fully saturated rings. The average Bonchev–Trinajstić information content (AvgIpc) is 2.48. The van der Waals surface area contributed by atoms with Crippen LogP contribution in [-0.4, -0.2) is 14.2 Å². The van der Waals surface area contributed by atoms with Gasteiger partial charge in [-0.1, -0.05) is 48.6 Å². The maximum absolute atomic E-state index is 5.29. The molecule has 0 N–H and O–H groups in total. The Bertz CT molecular complexity index is 544. The Morgan fingerprint density at radius 3 is 2.32 bits per heavy atom. The van der Waals surface area contributed by atoms with Crippen LogP contribution in [0.1, 0.15) is 11.1 Å². The molecule has 2 rings (SSSR count). The molecule has 0 unspecified atom stereocenters. The molecule has 0 saturated carbocycles. The van der Waals surface area contributed by atoms with Crippen molar-refractivity contribution in [2.45, 2.75) is 6.42 Å². The van der Waals surface area contributed by atoms with Crippen LogP contribution in [0.3, 0.4) is 0 Å². The Hall–Kier alpha value is -2.22. The van der Waals surface area contributed by atoms with Crippen LogP contribution < -0.4 is 9.47 Å². The molecule has 0 radical (unpaired) electrons. The highest BCUT2D eigenvalue weighted by Crippen LogP contribution is 2.27. The third-order valence-electron chi connectivity index (χ3n) is 2.91. The van der Waals surface area contributed by atoms with E-state index in [4.69, 9.17) is 9.47 Å². The number of methoxy groups -OCH3 is 2. The van der Waals surface area contributed by atoms with Crippen molar-refractivity contribution in [1.29, 1.82) is 0 Å². The van der Waals surface area contributed by atoms with Crippen LogP contribution in [0.4, 0.5) is 0 Å². The average molecular weight is 254 g/mol. The number of benzene rings is 2. The molecule has 0 atom stereocenters. The van der Waals surface area contributed by atoms with Gasteiger partial charge in [-0.05, 0) is 29.7 Å². The highest BCUT2D eigenvalue weighted by Gasteiger charge is 2.03. The minimum Gasteiger partial charge on any atom is -0.493 e. The summed E-state index contributed by atoms with van der Waals surface area (Å²) in [5, 5.41) is 0. The van der Waals surface area contributed by atoms with Crippen LogP contribution in [0.15, 0.2) is 54.6 Å². The van der Waals surface area contributed by atoms with Crippen molar-refractivity contribution in [3.8, 4) is 11.5 Å². The van der Waals surface area contributed by atoms with Gasteiger partial charge in [-0.3, -0.25) is 0 Å². The van der Waals surface area contributed by atoms with Gasteiger partial charge in [0.25, 0.3) is 0 Å². The van der Waals surface area contributed by atoms with Crippen molar-refractivity contribution in [2.24, 2.45) is 0 Å². The summed E-state index contributed by atoms with van der Waals surface area (Å²) < 4.78 is 10.5. The molecular formula is C17H18O2. The van der Waals surface area contributed by atoms with Crippen molar-refractivity contribution < 1.29 is 9.47 Å². The van der Waals surface area contributed by atoms with E-state index in [1.807, 2.05) is 30.3 Å². The van der Waals surface area contributed by atoms with Gasteiger partial charge >= 0.3 is 0 Å². The minimum atomic E-state index is 0.762. The third-order valence-corrected chi connectivity index (χ3v) is 2.91. The van der Waals surface area contributed by atoms with Gasteiger partial charge in [0.05, 0.1) is 14.2 Å². The predicted octanol–water partition coefficient (Wildman–Crippen LogP) is 3.96. The summed E-state index contributed by atoms with van der Waals surface area (Å²) in [5.74, 6) is 1.53. The van der Waals surface area contributed by atoms with E-state index >= 15 is 0 Å². The topological polar surface area (TPSA) is 18.5 Å². The Labute approximate surface area is 114 Å². The van der Waals surface area contributed by atoms with Crippen LogP contribution in [0.25, 0.3) is 6.08 Å². The molecule has 98 valence electrons. The lowest BCUT2D eigenvalue weighted by Gasteiger charge is -2.08. The third kappa shape index (κ3) is 3.62. The summed E-state index contributed by atoms with van der Waals surface area (Å²) in [7, 11) is 3.30. The molecule has 0 heterocycles. The zero-order valence-electron chi connectivity index (χ0n) is 11.3. The van der Waals surface area contributed by atoms with Gasteiger partial charge < -0.3 is 9.47 Å². The van der Waals surface area contributed by atoms with E-state index in [9.17, 15) is 0 Å². The number of hydrogen-bond acceptors (Lipinski definition) is 2. The van der Waals surface area contributed by atoms with Gasteiger partial charge in [0.2, 0.25) is 0 Å². The molecule has 0 bridgehead atoms. The first-order valence-corrected chi connectivity index (χ1v) is 6.26. The molecule has 0 aliphatic heterocycles. The molecule has 2 nitrogen and oxygen atoms in total. The summed E-state index contributed by atoms with van der Waals surface area (Å²) >= 11 is 0. The molecule has 0 saturated heterocycles. The van der Waals surface area contributed by atoms with Gasteiger partial charge in [0, 0.05) is 0 Å². The number of rotatable bonds is 5. The second-order valence-electron chi connectivity index (χ2n) is 4.21. The lowest BCUT2D eigenvalue weighted by Crippen LogP contribution is -1.91. The normalized spacial score (nSPS) is 10.6. The highest BCUT2D eigenvalue weighted by atomic mass is 16.5. The van der Waals surface area contributed by atoms with E-state index in [-0.39, 0.29) is 0 Å². The molecular weight excluding hydrogens is 236 g/mol. The summed E-state index contributed by atoms with van der Waals surface area (Å²) in [5.41, 5.74) is 2.41. The highest BCUT2D eigenvalue weighted by molar-refractivity contribution is 5.50. The van der Waals surface area contributed by atoms with Crippen LogP contribution in [0.2, 0.25) is 0 Å². The van der Waals surface area contributed by atoms with Crippen LogP contribution in [0.5, 0.6) is 11.5 Å². The molecule has 0 spiro atoms. The Morgan fingerprint density at radius 1 is 0.895 bits per heavy atom. The fraction of sp³-hybridized carbons (Fsp3) is 0.176. The van der Waals surface area contributed by atoms with Crippen LogP contribution in [-0.2, 0) is 6.42 Å². The van der Waals surface area contributed by atoms with E-state index in [1.54, 1.807) is 14.2 Å². The minimum absolute atomic E-state index is 0.762. The lowest BCUT2D eigenvalue weighted by atomic mass is 10.1. The Balaban J connectivity index is 2.06. The molecule has 2 heteroatoms. The summed E-state index contributed by atoms with van der Waals surface area (Å²) in [6.07, 6.45) is 5.14. The monoisotopic (exact) mass is 254 g/mol. The number of allylic oxidation sites excluding steroid dienone is 1. The van der Waals surface area contributed by atoms with Crippen molar-refractivity contribution in [1.82, 2.24) is 0 Å². The van der Waals surface area contributed by atoms with Gasteiger partial charge in [-0.15, -0.1) is 0 Å². The standard InChI is InChI=1S/C17H18O2/c1-18-16-12-11-15(13-17(16)19-2)10-6-9-14-7-4-3-5-8-14/h3-9,11-13H,10H2,1-2H3/b9-6+. The number of ether oxygens (including phenoxy) is 2. The van der Waals surface area contributed by atoms with Gasteiger partial charge in [-0.25, -0.2) is 0 Å². The Morgan fingerprint density at radius 2 is 1.63 bits per heavy atom. The van der Waals surface area contributed by atoms with Crippen molar-refractivity contribution in [2.75, 3.05) is 14.2 Å². The second kappa shape index (κ2) is 6.64. The summed E-state index contributed by atoms with van der Waals surface area (Å²) in [4.78, 5) is 0. The fourth-order valence-electron chi connectivity index (χ4n) is 1.90. The van der Waals surface area contributed by atoms with Crippen molar-refractivity contribution in [3.63, 3.8) is 0 Å². The molecule has 0 aliphatic carbocycles. The van der Waals surface area contributed by atoms with E-state index in [1.165, 1.54) is 11.1 Å². The summed E-state index contributed by atoms with van der Waals surface area (Å²) in [6, 6.07) is 16.3. The lowest BCUT2D eigenvalue weighted by molar-refractivity contribution is 0.354. The molecule has 19 heavy (non-hydrogen) atoms. The van der Waals surface area contributed by atoms with E-state index < -0.39 is 0 Å². The SMILES string of the molecule is COc1ccc(C/C=C/c2ccccc2)cc1OC. The van der Waals surface area contributed by atoms with Crippen molar-refractivity contribution in [3.05, 3.63) is 65.7 Å². The molecule has 2 aromatic carbocycles. The van der Waals surface area contributed by atoms with Gasteiger partial charge in [0.15, 0.2) is 11.5 Å². The zero-order chi connectivity index (χ0) is 13.5. The Kier molecular flexibility index (Phi) is 4.62. The first-order chi connectivity index (χ1) is 9.33. The smallest absolute Gasteiger partial charge is 0.160 e. The maximum Gasteiger partial charge on any atom is 0.160 e. The summed E-state index contributed by atoms with van der Waals surface area (Å²) in [6.45, 7) is 0. The second-order valence-corrected chi connectivity index (χ2v) is 4.21. The first-order valence-electron chi connectivity index (χ1n) is 6.26. The molecule has 0 aromatic heterocycles. The largest absolute Gasteiger partial charge is 0.493 e. The first kappa shape index (κ1) is 13.2. The molecule has 0 aliphatic rings. The maximum atomic E-state index is 5.29. The molecule has 2 aromatic rings. The molecule has 0 amide bonds. The van der Waals surface area contributed by atoms with Gasteiger partial charge in [-0.2, -0.15) is 0 Å². The van der Waals surface area contributed by atoms with Crippen molar-refractivity contribution >= 4 is 6.08 Å².